The Morgan fingerprint density at radius 1 is 1.38 bits per heavy atom. The maximum atomic E-state index is 12.4. The number of benzene rings is 1. The first-order chi connectivity index (χ1) is 11.5. The predicted molar refractivity (Wildman–Crippen MR) is 106 cm³/mol. The summed E-state index contributed by atoms with van der Waals surface area (Å²) in [6, 6.07) is 5.46. The van der Waals surface area contributed by atoms with Crippen molar-refractivity contribution < 1.29 is 4.79 Å². The second-order valence-electron chi connectivity index (χ2n) is 5.24. The summed E-state index contributed by atoms with van der Waals surface area (Å²) in [5, 5.41) is 11.6. The molecule has 0 aliphatic carbocycles. The SMILES string of the molecule is CCCCSc1nnc(S[C@@H](C)C(=O)Nc2cc(Cl)ccc2C)s1. The molecule has 0 saturated carbocycles. The maximum Gasteiger partial charge on any atom is 0.237 e. The third-order valence-corrected chi connectivity index (χ3v) is 6.78. The minimum atomic E-state index is -0.259. The van der Waals surface area contributed by atoms with Crippen molar-refractivity contribution >= 4 is 58.1 Å². The van der Waals surface area contributed by atoms with E-state index in [2.05, 4.69) is 22.4 Å². The van der Waals surface area contributed by atoms with Gasteiger partial charge >= 0.3 is 0 Å². The van der Waals surface area contributed by atoms with Crippen molar-refractivity contribution in [3.63, 3.8) is 0 Å². The molecule has 0 fully saturated rings. The quantitative estimate of drug-likeness (QED) is 0.466. The Labute approximate surface area is 160 Å². The van der Waals surface area contributed by atoms with Crippen molar-refractivity contribution in [2.75, 3.05) is 11.1 Å². The number of nitrogens with one attached hydrogen (secondary N) is 1. The molecule has 1 N–H and O–H groups in total. The van der Waals surface area contributed by atoms with E-state index >= 15 is 0 Å². The van der Waals surface area contributed by atoms with Crippen LogP contribution in [0.1, 0.15) is 32.3 Å². The van der Waals surface area contributed by atoms with E-state index in [1.807, 2.05) is 26.0 Å². The van der Waals surface area contributed by atoms with Crippen molar-refractivity contribution in [1.29, 1.82) is 0 Å². The number of unbranched alkanes of at least 4 members (excludes halogenated alkanes) is 1. The highest BCUT2D eigenvalue weighted by atomic mass is 35.5. The van der Waals surface area contributed by atoms with E-state index in [-0.39, 0.29) is 11.2 Å². The fourth-order valence-electron chi connectivity index (χ4n) is 1.77. The molecule has 8 heteroatoms. The topological polar surface area (TPSA) is 54.9 Å². The van der Waals surface area contributed by atoms with Gasteiger partial charge in [0.1, 0.15) is 0 Å². The number of anilines is 1. The van der Waals surface area contributed by atoms with Crippen molar-refractivity contribution in [2.45, 2.75) is 47.5 Å². The zero-order chi connectivity index (χ0) is 17.5. The van der Waals surface area contributed by atoms with Gasteiger partial charge in [0, 0.05) is 16.5 Å². The number of halogens is 1. The molecule has 0 spiro atoms. The lowest BCUT2D eigenvalue weighted by Crippen LogP contribution is -2.22. The van der Waals surface area contributed by atoms with Gasteiger partial charge in [-0.1, -0.05) is 65.9 Å². The van der Waals surface area contributed by atoms with Crippen LogP contribution in [-0.2, 0) is 4.79 Å². The number of aryl methyl sites for hydroxylation is 1. The predicted octanol–water partition coefficient (Wildman–Crippen LogP) is 5.51. The smallest absolute Gasteiger partial charge is 0.237 e. The number of thioether (sulfide) groups is 2. The molecule has 24 heavy (non-hydrogen) atoms. The standard InChI is InChI=1S/C16H20ClN3OS3/c1-4-5-8-22-15-19-20-16(24-15)23-11(3)14(21)18-13-9-12(17)7-6-10(13)2/h6-7,9,11H,4-5,8H2,1-3H3,(H,18,21)/t11-/m0/s1. The highest BCUT2D eigenvalue weighted by Crippen LogP contribution is 2.32. The number of amides is 1. The first kappa shape index (κ1) is 19.6. The van der Waals surface area contributed by atoms with Gasteiger partial charge in [0.05, 0.1) is 5.25 Å². The molecule has 1 amide bonds. The molecule has 0 bridgehead atoms. The van der Waals surface area contributed by atoms with Gasteiger partial charge < -0.3 is 5.32 Å². The summed E-state index contributed by atoms with van der Waals surface area (Å²) >= 11 is 10.7. The van der Waals surface area contributed by atoms with Crippen LogP contribution in [0.25, 0.3) is 0 Å². The summed E-state index contributed by atoms with van der Waals surface area (Å²) in [6.07, 6.45) is 2.35. The largest absolute Gasteiger partial charge is 0.325 e. The first-order valence-corrected chi connectivity index (χ1v) is 10.8. The van der Waals surface area contributed by atoms with E-state index < -0.39 is 0 Å². The molecule has 1 heterocycles. The highest BCUT2D eigenvalue weighted by molar-refractivity contribution is 8.03. The van der Waals surface area contributed by atoms with Crippen molar-refractivity contribution in [2.24, 2.45) is 0 Å². The summed E-state index contributed by atoms with van der Waals surface area (Å²) in [7, 11) is 0. The molecule has 0 radical (unpaired) electrons. The molecular weight excluding hydrogens is 382 g/mol. The van der Waals surface area contributed by atoms with Crippen LogP contribution in [-0.4, -0.2) is 27.1 Å². The second kappa shape index (κ2) is 9.65. The molecule has 4 nitrogen and oxygen atoms in total. The van der Waals surface area contributed by atoms with E-state index in [0.717, 1.165) is 25.7 Å². The van der Waals surface area contributed by atoms with E-state index in [0.29, 0.717) is 5.02 Å². The Morgan fingerprint density at radius 3 is 2.88 bits per heavy atom. The monoisotopic (exact) mass is 401 g/mol. The first-order valence-electron chi connectivity index (χ1n) is 7.69. The molecule has 1 aromatic heterocycles. The summed E-state index contributed by atoms with van der Waals surface area (Å²) in [6.45, 7) is 5.98. The summed E-state index contributed by atoms with van der Waals surface area (Å²) in [5.41, 5.74) is 1.73. The summed E-state index contributed by atoms with van der Waals surface area (Å²) in [5.74, 6) is 0.987. The lowest BCUT2D eigenvalue weighted by molar-refractivity contribution is -0.115. The van der Waals surface area contributed by atoms with Gasteiger partial charge in [-0.3, -0.25) is 4.79 Å². The second-order valence-corrected chi connectivity index (χ2v) is 9.59. The van der Waals surface area contributed by atoms with Gasteiger partial charge in [-0.05, 0) is 38.0 Å². The number of hydrogen-bond acceptors (Lipinski definition) is 6. The minimum absolute atomic E-state index is 0.0687. The minimum Gasteiger partial charge on any atom is -0.325 e. The van der Waals surface area contributed by atoms with E-state index in [9.17, 15) is 4.79 Å². The average molecular weight is 402 g/mol. The van der Waals surface area contributed by atoms with Gasteiger partial charge in [-0.2, -0.15) is 0 Å². The zero-order valence-electron chi connectivity index (χ0n) is 13.8. The Bertz CT molecular complexity index is 693. The van der Waals surface area contributed by atoms with Gasteiger partial charge in [0.15, 0.2) is 8.68 Å². The normalized spacial score (nSPS) is 12.2. The van der Waals surface area contributed by atoms with E-state index in [4.69, 9.17) is 11.6 Å². The Balaban J connectivity index is 1.90. The van der Waals surface area contributed by atoms with Crippen LogP contribution in [0.15, 0.2) is 26.9 Å². The van der Waals surface area contributed by atoms with Crippen LogP contribution in [0.5, 0.6) is 0 Å². The average Bonchev–Trinajstić information content (AvgIpc) is 2.98. The molecule has 0 aliphatic rings. The van der Waals surface area contributed by atoms with Crippen LogP contribution in [0.2, 0.25) is 5.02 Å². The number of carbonyl (C=O) groups is 1. The van der Waals surface area contributed by atoms with Crippen LogP contribution < -0.4 is 5.32 Å². The van der Waals surface area contributed by atoms with Crippen LogP contribution in [0.3, 0.4) is 0 Å². The third kappa shape index (κ3) is 5.95. The summed E-state index contributed by atoms with van der Waals surface area (Å²) in [4.78, 5) is 12.4. The fraction of sp³-hybridized carbons (Fsp3) is 0.438. The maximum absolute atomic E-state index is 12.4. The molecular formula is C16H20ClN3OS3. The Hall–Kier alpha value is -0.760. The highest BCUT2D eigenvalue weighted by Gasteiger charge is 2.18. The molecule has 1 aromatic carbocycles. The lowest BCUT2D eigenvalue weighted by Gasteiger charge is -2.12. The van der Waals surface area contributed by atoms with Crippen LogP contribution >= 0.6 is 46.5 Å². The number of hydrogen-bond donors (Lipinski definition) is 1. The fourth-order valence-corrected chi connectivity index (χ4v) is 5.27. The number of rotatable bonds is 8. The van der Waals surface area contributed by atoms with E-state index in [1.165, 1.54) is 24.6 Å². The molecule has 1 atom stereocenters. The van der Waals surface area contributed by atoms with Gasteiger partial charge in [0.25, 0.3) is 0 Å². The van der Waals surface area contributed by atoms with Crippen molar-refractivity contribution in [3.05, 3.63) is 28.8 Å². The van der Waals surface area contributed by atoms with E-state index in [1.54, 1.807) is 29.2 Å². The van der Waals surface area contributed by atoms with Crippen molar-refractivity contribution in [1.82, 2.24) is 10.2 Å². The molecule has 130 valence electrons. The van der Waals surface area contributed by atoms with Crippen LogP contribution in [0, 0.1) is 6.92 Å². The number of aromatic nitrogens is 2. The van der Waals surface area contributed by atoms with Crippen LogP contribution in [0.4, 0.5) is 5.69 Å². The van der Waals surface area contributed by atoms with Gasteiger partial charge in [-0.15, -0.1) is 10.2 Å². The number of nitrogens with zero attached hydrogens (tertiary/aromatic N) is 2. The zero-order valence-corrected chi connectivity index (χ0v) is 17.0. The lowest BCUT2D eigenvalue weighted by atomic mass is 10.2. The number of carbonyl (C=O) groups excluding carboxylic acids is 1. The third-order valence-electron chi connectivity index (χ3n) is 3.22. The van der Waals surface area contributed by atoms with Gasteiger partial charge in [0.2, 0.25) is 5.91 Å². The Kier molecular flexibility index (Phi) is 7.87. The molecule has 0 unspecified atom stereocenters. The molecule has 0 saturated heterocycles. The Morgan fingerprint density at radius 2 is 2.12 bits per heavy atom. The van der Waals surface area contributed by atoms with Crippen molar-refractivity contribution in [3.8, 4) is 0 Å². The molecule has 2 rings (SSSR count). The van der Waals surface area contributed by atoms with Gasteiger partial charge in [-0.25, -0.2) is 0 Å². The molecule has 2 aromatic rings. The molecule has 0 aliphatic heterocycles. The summed E-state index contributed by atoms with van der Waals surface area (Å²) < 4.78 is 1.78.